The molecule has 0 saturated carbocycles. The maximum absolute atomic E-state index is 13.8. The average Bonchev–Trinajstić information content (AvgIpc) is 2.86. The summed E-state index contributed by atoms with van der Waals surface area (Å²) in [4.78, 5) is 18.4. The molecule has 0 radical (unpaired) electrons. The summed E-state index contributed by atoms with van der Waals surface area (Å²) in [5.74, 6) is 1.06. The molecule has 2 heterocycles. The van der Waals surface area contributed by atoms with E-state index in [0.717, 1.165) is 22.5 Å². The van der Waals surface area contributed by atoms with Crippen molar-refractivity contribution >= 4 is 0 Å². The van der Waals surface area contributed by atoms with Crippen molar-refractivity contribution in [3.63, 3.8) is 0 Å². The molecule has 2 aromatic heterocycles. The Morgan fingerprint density at radius 3 is 1.94 bits per heavy atom. The summed E-state index contributed by atoms with van der Waals surface area (Å²) >= 11 is 0. The lowest BCUT2D eigenvalue weighted by Crippen LogP contribution is -2.22. The second-order valence-corrected chi connectivity index (χ2v) is 7.25. The van der Waals surface area contributed by atoms with Crippen molar-refractivity contribution in [2.75, 3.05) is 0 Å². The first-order valence-electron chi connectivity index (χ1n) is 10.4. The van der Waals surface area contributed by atoms with Crippen molar-refractivity contribution < 1.29 is 4.74 Å². The number of hydrogen-bond donors (Lipinski definition) is 0. The molecule has 4 nitrogen and oxygen atoms in total. The van der Waals surface area contributed by atoms with Gasteiger partial charge in [0.05, 0.1) is 16.9 Å². The van der Waals surface area contributed by atoms with Crippen molar-refractivity contribution in [1.29, 1.82) is 0 Å². The van der Waals surface area contributed by atoms with Crippen LogP contribution >= 0.6 is 0 Å². The van der Waals surface area contributed by atoms with E-state index in [1.165, 1.54) is 0 Å². The van der Waals surface area contributed by atoms with Crippen molar-refractivity contribution in [2.24, 2.45) is 0 Å². The van der Waals surface area contributed by atoms with E-state index in [1.807, 2.05) is 115 Å². The van der Waals surface area contributed by atoms with Crippen molar-refractivity contribution in [1.82, 2.24) is 9.55 Å². The molecule has 4 heteroatoms. The van der Waals surface area contributed by atoms with Crippen molar-refractivity contribution in [3.05, 3.63) is 132 Å². The predicted molar refractivity (Wildman–Crippen MR) is 127 cm³/mol. The summed E-state index contributed by atoms with van der Waals surface area (Å²) in [5, 5.41) is 0. The van der Waals surface area contributed by atoms with Crippen LogP contribution in [0.3, 0.4) is 0 Å². The molecule has 0 N–H and O–H groups in total. The van der Waals surface area contributed by atoms with Gasteiger partial charge in [-0.25, -0.2) is 4.57 Å². The fourth-order valence-electron chi connectivity index (χ4n) is 3.64. The second kappa shape index (κ2) is 8.74. The fraction of sp³-hybridized carbons (Fsp3) is 0. The van der Waals surface area contributed by atoms with Gasteiger partial charge >= 0.3 is 0 Å². The highest BCUT2D eigenvalue weighted by molar-refractivity contribution is 5.75. The van der Waals surface area contributed by atoms with Gasteiger partial charge < -0.3 is 4.74 Å². The summed E-state index contributed by atoms with van der Waals surface area (Å²) in [6, 6.07) is 36.2. The van der Waals surface area contributed by atoms with E-state index in [1.54, 1.807) is 10.8 Å². The molecule has 0 amide bonds. The van der Waals surface area contributed by atoms with Crippen LogP contribution in [0.1, 0.15) is 0 Å². The zero-order valence-electron chi connectivity index (χ0n) is 17.3. The summed E-state index contributed by atoms with van der Waals surface area (Å²) in [5.41, 5.74) is 3.43. The number of ether oxygens (including phenoxy) is 1. The third-order valence-corrected chi connectivity index (χ3v) is 5.15. The minimum absolute atomic E-state index is 0.159. The molecule has 5 aromatic rings. The van der Waals surface area contributed by atoms with E-state index in [4.69, 9.17) is 4.74 Å². The molecule has 0 fully saturated rings. The maximum atomic E-state index is 13.8. The zero-order chi connectivity index (χ0) is 21.8. The van der Waals surface area contributed by atoms with E-state index in [2.05, 4.69) is 4.98 Å². The van der Waals surface area contributed by atoms with Crippen LogP contribution in [0.25, 0.3) is 28.1 Å². The third kappa shape index (κ3) is 3.82. The highest BCUT2D eigenvalue weighted by Gasteiger charge is 2.21. The minimum Gasteiger partial charge on any atom is -0.440 e. The van der Waals surface area contributed by atoms with Gasteiger partial charge in [-0.2, -0.15) is 0 Å². The summed E-state index contributed by atoms with van der Waals surface area (Å²) in [6.45, 7) is 0. The van der Waals surface area contributed by atoms with Crippen molar-refractivity contribution in [3.8, 4) is 39.7 Å². The number of hydrogen-bond acceptors (Lipinski definition) is 3. The Hall–Kier alpha value is -4.44. The van der Waals surface area contributed by atoms with E-state index in [9.17, 15) is 4.79 Å². The minimum atomic E-state index is -0.159. The highest BCUT2D eigenvalue weighted by Crippen LogP contribution is 2.35. The molecule has 3 aromatic carbocycles. The van der Waals surface area contributed by atoms with E-state index >= 15 is 0 Å². The van der Waals surface area contributed by atoms with Gasteiger partial charge in [0, 0.05) is 11.8 Å². The monoisotopic (exact) mass is 416 g/mol. The van der Waals surface area contributed by atoms with Crippen LogP contribution in [0, 0.1) is 0 Å². The van der Waals surface area contributed by atoms with Gasteiger partial charge in [0.25, 0.3) is 5.56 Å². The third-order valence-electron chi connectivity index (χ3n) is 5.15. The van der Waals surface area contributed by atoms with Crippen LogP contribution in [0.5, 0.6) is 11.6 Å². The van der Waals surface area contributed by atoms with Gasteiger partial charge in [-0.15, -0.1) is 0 Å². The first-order valence-corrected chi connectivity index (χ1v) is 10.4. The Morgan fingerprint density at radius 2 is 1.28 bits per heavy atom. The Balaban J connectivity index is 1.86. The standard InChI is InChI=1S/C28H20N2O2/c31-27-24(21-12-4-1-5-13-21)20-25(26-18-10-11-19-29-26)28(32-23-16-8-3-9-17-23)30(27)22-14-6-2-7-15-22/h1-20H. The van der Waals surface area contributed by atoms with Gasteiger partial charge in [-0.1, -0.05) is 72.8 Å². The van der Waals surface area contributed by atoms with E-state index in [-0.39, 0.29) is 5.56 Å². The predicted octanol–water partition coefficient (Wildman–Crippen LogP) is 6.36. The van der Waals surface area contributed by atoms with Gasteiger partial charge in [-0.05, 0) is 48.0 Å². The lowest BCUT2D eigenvalue weighted by molar-refractivity contribution is 0.448. The molecule has 0 saturated heterocycles. The zero-order valence-corrected chi connectivity index (χ0v) is 17.3. The van der Waals surface area contributed by atoms with Gasteiger partial charge in [0.1, 0.15) is 5.75 Å². The van der Waals surface area contributed by atoms with Crippen LogP contribution < -0.4 is 10.3 Å². The van der Waals surface area contributed by atoms with Crippen LogP contribution in [-0.4, -0.2) is 9.55 Å². The van der Waals surface area contributed by atoms with Crippen LogP contribution in [0.2, 0.25) is 0 Å². The molecule has 0 unspecified atom stereocenters. The molecule has 0 bridgehead atoms. The lowest BCUT2D eigenvalue weighted by Gasteiger charge is -2.19. The molecule has 154 valence electrons. The number of benzene rings is 3. The smallest absolute Gasteiger partial charge is 0.265 e. The lowest BCUT2D eigenvalue weighted by atomic mass is 10.0. The van der Waals surface area contributed by atoms with Gasteiger partial charge in [0.2, 0.25) is 5.88 Å². The number of pyridine rings is 2. The first kappa shape index (κ1) is 19.5. The maximum Gasteiger partial charge on any atom is 0.265 e. The normalized spacial score (nSPS) is 10.6. The topological polar surface area (TPSA) is 44.1 Å². The summed E-state index contributed by atoms with van der Waals surface area (Å²) in [6.07, 6.45) is 1.74. The molecule has 0 aliphatic rings. The average molecular weight is 416 g/mol. The second-order valence-electron chi connectivity index (χ2n) is 7.25. The molecule has 32 heavy (non-hydrogen) atoms. The van der Waals surface area contributed by atoms with Crippen LogP contribution in [-0.2, 0) is 0 Å². The molecule has 5 rings (SSSR count). The number of aromatic nitrogens is 2. The highest BCUT2D eigenvalue weighted by atomic mass is 16.5. The van der Waals surface area contributed by atoms with Gasteiger partial charge in [0.15, 0.2) is 0 Å². The quantitative estimate of drug-likeness (QED) is 0.335. The summed E-state index contributed by atoms with van der Waals surface area (Å²) < 4.78 is 7.97. The Morgan fingerprint density at radius 1 is 0.656 bits per heavy atom. The van der Waals surface area contributed by atoms with E-state index in [0.29, 0.717) is 17.2 Å². The largest absolute Gasteiger partial charge is 0.440 e. The first-order chi connectivity index (χ1) is 15.8. The van der Waals surface area contributed by atoms with E-state index < -0.39 is 0 Å². The number of nitrogens with zero attached hydrogens (tertiary/aromatic N) is 2. The Labute approximate surface area is 186 Å². The number of para-hydroxylation sites is 2. The Kier molecular flexibility index (Phi) is 5.33. The number of rotatable bonds is 5. The molecule has 0 aliphatic carbocycles. The van der Waals surface area contributed by atoms with Crippen LogP contribution in [0.4, 0.5) is 0 Å². The fourth-order valence-corrected chi connectivity index (χ4v) is 3.64. The SMILES string of the molecule is O=c1c(-c2ccccc2)cc(-c2ccccn2)c(Oc2ccccc2)n1-c1ccccc1. The molecule has 0 aliphatic heterocycles. The molecular weight excluding hydrogens is 396 g/mol. The van der Waals surface area contributed by atoms with Crippen molar-refractivity contribution in [2.45, 2.75) is 0 Å². The molecular formula is C28H20N2O2. The van der Waals surface area contributed by atoms with Crippen LogP contribution in [0.15, 0.2) is 126 Å². The molecule has 0 spiro atoms. The van der Waals surface area contributed by atoms with Gasteiger partial charge in [-0.3, -0.25) is 9.78 Å². The Bertz CT molecular complexity index is 1380. The summed E-state index contributed by atoms with van der Waals surface area (Å²) in [7, 11) is 0. The molecule has 0 atom stereocenters.